The van der Waals surface area contributed by atoms with Gasteiger partial charge in [0.2, 0.25) is 0 Å². The lowest BCUT2D eigenvalue weighted by atomic mass is 10.1. The second-order valence-electron chi connectivity index (χ2n) is 5.26. The van der Waals surface area contributed by atoms with Gasteiger partial charge in [0.25, 0.3) is 5.91 Å². The molecule has 0 heterocycles. The van der Waals surface area contributed by atoms with E-state index in [1.54, 1.807) is 24.3 Å². The zero-order valence-electron chi connectivity index (χ0n) is 12.5. The molecule has 0 aliphatic rings. The van der Waals surface area contributed by atoms with Crippen LogP contribution in [0, 0.1) is 0 Å². The number of benzene rings is 2. The summed E-state index contributed by atoms with van der Waals surface area (Å²) in [5, 5.41) is 2.86. The monoisotopic (exact) mass is 317 g/mol. The highest BCUT2D eigenvalue weighted by molar-refractivity contribution is 7.89. The van der Waals surface area contributed by atoms with Gasteiger partial charge in [-0.1, -0.05) is 42.5 Å². The van der Waals surface area contributed by atoms with Crippen LogP contribution in [0.5, 0.6) is 0 Å². The van der Waals surface area contributed by atoms with Crippen molar-refractivity contribution in [1.82, 2.24) is 5.32 Å². The Balaban J connectivity index is 1.87. The number of amides is 1. The van der Waals surface area contributed by atoms with E-state index in [0.29, 0.717) is 17.7 Å². The van der Waals surface area contributed by atoms with E-state index in [1.165, 1.54) is 11.8 Å². The Bertz CT molecular complexity index is 722. The van der Waals surface area contributed by atoms with E-state index < -0.39 is 9.84 Å². The van der Waals surface area contributed by atoms with Crippen molar-refractivity contribution in [3.63, 3.8) is 0 Å². The number of sulfone groups is 1. The lowest BCUT2D eigenvalue weighted by Crippen LogP contribution is -2.25. The van der Waals surface area contributed by atoms with Gasteiger partial charge in [0.05, 0.1) is 5.75 Å². The first-order valence-electron chi connectivity index (χ1n) is 7.03. The average molecular weight is 317 g/mol. The lowest BCUT2D eigenvalue weighted by Gasteiger charge is -2.06. The molecule has 2 aromatic carbocycles. The number of rotatable bonds is 6. The summed E-state index contributed by atoms with van der Waals surface area (Å²) < 4.78 is 22.4. The Labute approximate surface area is 131 Å². The van der Waals surface area contributed by atoms with Crippen molar-refractivity contribution in [3.05, 3.63) is 71.3 Å². The minimum atomic E-state index is -3.06. The van der Waals surface area contributed by atoms with Crippen LogP contribution in [0.1, 0.15) is 21.5 Å². The number of nitrogens with one attached hydrogen (secondary N) is 1. The molecule has 1 amide bonds. The van der Waals surface area contributed by atoms with Crippen LogP contribution in [-0.2, 0) is 22.0 Å². The predicted molar refractivity (Wildman–Crippen MR) is 87.5 cm³/mol. The molecule has 2 aromatic rings. The quantitative estimate of drug-likeness (QED) is 0.888. The standard InChI is InChI=1S/C17H19NO3S/c1-22(20,21)13-15-7-9-16(10-8-15)17(19)18-12-11-14-5-3-2-4-6-14/h2-10H,11-13H2,1H3,(H,18,19). The fraction of sp³-hybridized carbons (Fsp3) is 0.235. The molecule has 0 aliphatic heterocycles. The van der Waals surface area contributed by atoms with Gasteiger partial charge in [-0.05, 0) is 29.7 Å². The molecule has 1 N–H and O–H groups in total. The van der Waals surface area contributed by atoms with Crippen LogP contribution in [0.4, 0.5) is 0 Å². The van der Waals surface area contributed by atoms with Crippen LogP contribution in [0.25, 0.3) is 0 Å². The predicted octanol–water partition coefficient (Wildman–Crippen LogP) is 2.20. The van der Waals surface area contributed by atoms with Crippen LogP contribution >= 0.6 is 0 Å². The third-order valence-electron chi connectivity index (χ3n) is 3.19. The number of carbonyl (C=O) groups excluding carboxylic acids is 1. The van der Waals surface area contributed by atoms with Gasteiger partial charge in [-0.2, -0.15) is 0 Å². The molecule has 0 spiro atoms. The van der Waals surface area contributed by atoms with Gasteiger partial charge in [0.15, 0.2) is 9.84 Å². The molecule has 0 radical (unpaired) electrons. The van der Waals surface area contributed by atoms with Gasteiger partial charge < -0.3 is 5.32 Å². The van der Waals surface area contributed by atoms with E-state index in [9.17, 15) is 13.2 Å². The van der Waals surface area contributed by atoms with Gasteiger partial charge in [-0.15, -0.1) is 0 Å². The molecular weight excluding hydrogens is 298 g/mol. The van der Waals surface area contributed by atoms with Gasteiger partial charge >= 0.3 is 0 Å². The molecular formula is C17H19NO3S. The summed E-state index contributed by atoms with van der Waals surface area (Å²) in [7, 11) is -3.06. The van der Waals surface area contributed by atoms with Crippen molar-refractivity contribution in [2.45, 2.75) is 12.2 Å². The molecule has 0 saturated heterocycles. The summed E-state index contributed by atoms with van der Waals surface area (Å²) >= 11 is 0. The van der Waals surface area contributed by atoms with Crippen molar-refractivity contribution in [1.29, 1.82) is 0 Å². The first kappa shape index (κ1) is 16.2. The van der Waals surface area contributed by atoms with Gasteiger partial charge in [0, 0.05) is 18.4 Å². The number of hydrogen-bond donors (Lipinski definition) is 1. The second kappa shape index (κ2) is 7.22. The second-order valence-corrected chi connectivity index (χ2v) is 7.40. The maximum absolute atomic E-state index is 12.0. The SMILES string of the molecule is CS(=O)(=O)Cc1ccc(C(=O)NCCc2ccccc2)cc1. The van der Waals surface area contributed by atoms with E-state index in [1.807, 2.05) is 30.3 Å². The van der Waals surface area contributed by atoms with Gasteiger partial charge in [-0.3, -0.25) is 4.79 Å². The Morgan fingerprint density at radius 3 is 2.18 bits per heavy atom. The topological polar surface area (TPSA) is 63.2 Å². The van der Waals surface area contributed by atoms with Crippen molar-refractivity contribution in [3.8, 4) is 0 Å². The van der Waals surface area contributed by atoms with E-state index in [0.717, 1.165) is 6.42 Å². The van der Waals surface area contributed by atoms with Crippen molar-refractivity contribution in [2.75, 3.05) is 12.8 Å². The molecule has 0 unspecified atom stereocenters. The summed E-state index contributed by atoms with van der Waals surface area (Å²) in [6, 6.07) is 16.6. The van der Waals surface area contributed by atoms with Crippen LogP contribution in [0.15, 0.2) is 54.6 Å². The summed E-state index contributed by atoms with van der Waals surface area (Å²) in [6.07, 6.45) is 1.97. The third-order valence-corrected chi connectivity index (χ3v) is 4.04. The average Bonchev–Trinajstić information content (AvgIpc) is 2.47. The van der Waals surface area contributed by atoms with E-state index in [-0.39, 0.29) is 11.7 Å². The zero-order valence-corrected chi connectivity index (χ0v) is 13.3. The molecule has 0 aliphatic carbocycles. The molecule has 0 bridgehead atoms. The molecule has 22 heavy (non-hydrogen) atoms. The molecule has 5 heteroatoms. The Kier molecular flexibility index (Phi) is 5.33. The molecule has 0 atom stereocenters. The Morgan fingerprint density at radius 1 is 0.955 bits per heavy atom. The van der Waals surface area contributed by atoms with Crippen molar-refractivity contribution >= 4 is 15.7 Å². The van der Waals surface area contributed by atoms with Crippen LogP contribution in [-0.4, -0.2) is 27.1 Å². The van der Waals surface area contributed by atoms with E-state index in [4.69, 9.17) is 0 Å². The maximum Gasteiger partial charge on any atom is 0.251 e. The first-order chi connectivity index (χ1) is 10.4. The van der Waals surface area contributed by atoms with Crippen LogP contribution in [0.2, 0.25) is 0 Å². The highest BCUT2D eigenvalue weighted by Crippen LogP contribution is 2.08. The van der Waals surface area contributed by atoms with E-state index in [2.05, 4.69) is 5.32 Å². The minimum absolute atomic E-state index is 0.0110. The van der Waals surface area contributed by atoms with Gasteiger partial charge in [0.1, 0.15) is 0 Å². The van der Waals surface area contributed by atoms with E-state index >= 15 is 0 Å². The molecule has 0 aromatic heterocycles. The number of hydrogen-bond acceptors (Lipinski definition) is 3. The normalized spacial score (nSPS) is 11.1. The van der Waals surface area contributed by atoms with Crippen LogP contribution < -0.4 is 5.32 Å². The fourth-order valence-corrected chi connectivity index (χ4v) is 2.92. The first-order valence-corrected chi connectivity index (χ1v) is 9.09. The van der Waals surface area contributed by atoms with Crippen molar-refractivity contribution in [2.24, 2.45) is 0 Å². The smallest absolute Gasteiger partial charge is 0.251 e. The minimum Gasteiger partial charge on any atom is -0.352 e. The number of carbonyl (C=O) groups is 1. The fourth-order valence-electron chi connectivity index (χ4n) is 2.12. The summed E-state index contributed by atoms with van der Waals surface area (Å²) in [6.45, 7) is 0.563. The summed E-state index contributed by atoms with van der Waals surface area (Å²) in [4.78, 5) is 12.0. The summed E-state index contributed by atoms with van der Waals surface area (Å²) in [5.41, 5.74) is 2.39. The lowest BCUT2D eigenvalue weighted by molar-refractivity contribution is 0.0954. The maximum atomic E-state index is 12.0. The Morgan fingerprint density at radius 2 is 1.59 bits per heavy atom. The highest BCUT2D eigenvalue weighted by Gasteiger charge is 2.07. The molecule has 0 saturated carbocycles. The van der Waals surface area contributed by atoms with Crippen LogP contribution in [0.3, 0.4) is 0 Å². The molecule has 0 fully saturated rings. The van der Waals surface area contributed by atoms with Gasteiger partial charge in [-0.25, -0.2) is 8.42 Å². The molecule has 4 nitrogen and oxygen atoms in total. The zero-order chi connectivity index (χ0) is 16.0. The summed E-state index contributed by atoms with van der Waals surface area (Å²) in [5.74, 6) is -0.162. The highest BCUT2D eigenvalue weighted by atomic mass is 32.2. The Hall–Kier alpha value is -2.14. The van der Waals surface area contributed by atoms with Crippen molar-refractivity contribution < 1.29 is 13.2 Å². The molecule has 116 valence electrons. The third kappa shape index (κ3) is 5.33. The largest absolute Gasteiger partial charge is 0.352 e. The molecule has 2 rings (SSSR count).